The highest BCUT2D eigenvalue weighted by Gasteiger charge is 2.18. The van der Waals surface area contributed by atoms with Crippen LogP contribution in [0.4, 0.5) is 0 Å². The van der Waals surface area contributed by atoms with Crippen LogP contribution in [0.2, 0.25) is 0 Å². The molecule has 1 N–H and O–H groups in total. The molecule has 0 bridgehead atoms. The zero-order valence-electron chi connectivity index (χ0n) is 14.5. The highest BCUT2D eigenvalue weighted by molar-refractivity contribution is 7.89. The second kappa shape index (κ2) is 7.76. The zero-order valence-corrected chi connectivity index (χ0v) is 15.3. The van der Waals surface area contributed by atoms with E-state index in [4.69, 9.17) is 9.47 Å². The van der Waals surface area contributed by atoms with Gasteiger partial charge in [0, 0.05) is 6.04 Å². The first-order valence-electron chi connectivity index (χ1n) is 8.26. The quantitative estimate of drug-likeness (QED) is 0.755. The first-order chi connectivity index (χ1) is 12.5. The van der Waals surface area contributed by atoms with E-state index >= 15 is 0 Å². The summed E-state index contributed by atoms with van der Waals surface area (Å²) in [6, 6.07) is 11.9. The first-order valence-corrected chi connectivity index (χ1v) is 9.74. The van der Waals surface area contributed by atoms with Gasteiger partial charge in [-0.2, -0.15) is 0 Å². The van der Waals surface area contributed by atoms with E-state index in [-0.39, 0.29) is 11.7 Å². The molecule has 0 aromatic heterocycles. The first kappa shape index (κ1) is 18.2. The number of fused-ring (bicyclic) bond motifs is 1. The van der Waals surface area contributed by atoms with Crippen molar-refractivity contribution in [3.8, 4) is 11.5 Å². The Hall–Kier alpha value is -2.57. The molecule has 2 aromatic rings. The fourth-order valence-corrected chi connectivity index (χ4v) is 3.78. The summed E-state index contributed by atoms with van der Waals surface area (Å²) in [6.45, 7) is 5.85. The maximum Gasteiger partial charge on any atom is 0.241 e. The Morgan fingerprint density at radius 3 is 2.62 bits per heavy atom. The molecule has 0 saturated carbocycles. The van der Waals surface area contributed by atoms with Gasteiger partial charge in [0.15, 0.2) is 11.5 Å². The van der Waals surface area contributed by atoms with Gasteiger partial charge in [0.2, 0.25) is 16.8 Å². The summed E-state index contributed by atoms with van der Waals surface area (Å²) < 4.78 is 38.5. The lowest BCUT2D eigenvalue weighted by atomic mass is 10.1. The molecular weight excluding hydrogens is 350 g/mol. The number of hydrogen-bond donors (Lipinski definition) is 1. The molecule has 26 heavy (non-hydrogen) atoms. The van der Waals surface area contributed by atoms with Gasteiger partial charge in [-0.3, -0.25) is 0 Å². The standard InChI is InChI=1S/C20H21NO4S/c1-3-4-17(21-26(22,23)18-10-5-15(2)6-11-18)9-7-16-8-12-19-20(13-16)25-14-24-19/h3,5-13,17,21H,1,4,14H2,2H3/b9-7+. The van der Waals surface area contributed by atoms with Crippen LogP contribution >= 0.6 is 0 Å². The summed E-state index contributed by atoms with van der Waals surface area (Å²) in [7, 11) is -3.61. The second-order valence-electron chi connectivity index (χ2n) is 6.04. The number of aryl methyl sites for hydroxylation is 1. The van der Waals surface area contributed by atoms with Crippen LogP contribution in [-0.4, -0.2) is 21.3 Å². The molecule has 0 spiro atoms. The van der Waals surface area contributed by atoms with Crippen molar-refractivity contribution < 1.29 is 17.9 Å². The van der Waals surface area contributed by atoms with Crippen molar-refractivity contribution in [3.05, 3.63) is 72.3 Å². The molecule has 1 heterocycles. The number of ether oxygens (including phenoxy) is 2. The lowest BCUT2D eigenvalue weighted by Gasteiger charge is -2.14. The van der Waals surface area contributed by atoms with Gasteiger partial charge >= 0.3 is 0 Å². The van der Waals surface area contributed by atoms with Crippen LogP contribution < -0.4 is 14.2 Å². The summed E-state index contributed by atoms with van der Waals surface area (Å²) in [4.78, 5) is 0.244. The molecule has 2 aromatic carbocycles. The van der Waals surface area contributed by atoms with Crippen LogP contribution in [-0.2, 0) is 10.0 Å². The molecule has 1 atom stereocenters. The second-order valence-corrected chi connectivity index (χ2v) is 7.75. The van der Waals surface area contributed by atoms with Crippen molar-refractivity contribution in [3.63, 3.8) is 0 Å². The van der Waals surface area contributed by atoms with E-state index in [2.05, 4.69) is 11.3 Å². The average Bonchev–Trinajstić information content (AvgIpc) is 3.08. The van der Waals surface area contributed by atoms with Gasteiger partial charge in [-0.05, 0) is 43.2 Å². The van der Waals surface area contributed by atoms with Crippen molar-refractivity contribution in [1.82, 2.24) is 4.72 Å². The molecular formula is C20H21NO4S. The maximum absolute atomic E-state index is 12.6. The molecule has 0 amide bonds. The molecule has 0 radical (unpaired) electrons. The van der Waals surface area contributed by atoms with Crippen LogP contribution in [0, 0.1) is 6.92 Å². The van der Waals surface area contributed by atoms with E-state index in [1.54, 1.807) is 30.3 Å². The van der Waals surface area contributed by atoms with Gasteiger partial charge in [0.1, 0.15) is 0 Å². The molecule has 0 aliphatic carbocycles. The van der Waals surface area contributed by atoms with Crippen LogP contribution in [0.25, 0.3) is 6.08 Å². The summed E-state index contributed by atoms with van der Waals surface area (Å²) >= 11 is 0. The lowest BCUT2D eigenvalue weighted by molar-refractivity contribution is 0.174. The van der Waals surface area contributed by atoms with E-state index in [0.29, 0.717) is 17.9 Å². The van der Waals surface area contributed by atoms with Gasteiger partial charge in [-0.15, -0.1) is 6.58 Å². The summed E-state index contributed by atoms with van der Waals surface area (Å²) in [5, 5.41) is 0. The number of hydrogen-bond acceptors (Lipinski definition) is 4. The fourth-order valence-electron chi connectivity index (χ4n) is 2.57. The maximum atomic E-state index is 12.6. The van der Waals surface area contributed by atoms with Crippen molar-refractivity contribution in [2.45, 2.75) is 24.3 Å². The smallest absolute Gasteiger partial charge is 0.241 e. The number of sulfonamides is 1. The summed E-state index contributed by atoms with van der Waals surface area (Å²) in [5.41, 5.74) is 1.91. The van der Waals surface area contributed by atoms with Gasteiger partial charge in [-0.1, -0.05) is 42.0 Å². The minimum atomic E-state index is -3.61. The Bertz CT molecular complexity index is 917. The Kier molecular flexibility index (Phi) is 5.44. The van der Waals surface area contributed by atoms with Crippen LogP contribution in [0.1, 0.15) is 17.5 Å². The SMILES string of the molecule is C=CCC(/C=C/c1ccc2c(c1)OCO2)NS(=O)(=O)c1ccc(C)cc1. The van der Waals surface area contributed by atoms with Crippen LogP contribution in [0.15, 0.2) is 66.1 Å². The summed E-state index contributed by atoms with van der Waals surface area (Å²) in [6.07, 6.45) is 5.83. The third-order valence-electron chi connectivity index (χ3n) is 3.98. The molecule has 5 nitrogen and oxygen atoms in total. The minimum Gasteiger partial charge on any atom is -0.454 e. The molecule has 0 saturated heterocycles. The van der Waals surface area contributed by atoms with Crippen molar-refractivity contribution >= 4 is 16.1 Å². The third-order valence-corrected chi connectivity index (χ3v) is 5.48. The Morgan fingerprint density at radius 2 is 1.88 bits per heavy atom. The zero-order chi connectivity index (χ0) is 18.6. The van der Waals surface area contributed by atoms with E-state index in [1.807, 2.05) is 37.3 Å². The molecule has 6 heteroatoms. The minimum absolute atomic E-state index is 0.220. The number of nitrogens with one attached hydrogen (secondary N) is 1. The highest BCUT2D eigenvalue weighted by Crippen LogP contribution is 2.32. The largest absolute Gasteiger partial charge is 0.454 e. The molecule has 0 fully saturated rings. The monoisotopic (exact) mass is 371 g/mol. The van der Waals surface area contributed by atoms with Gasteiger partial charge in [0.25, 0.3) is 0 Å². The van der Waals surface area contributed by atoms with E-state index in [1.165, 1.54) is 0 Å². The van der Waals surface area contributed by atoms with Crippen molar-refractivity contribution in [1.29, 1.82) is 0 Å². The molecule has 1 aliphatic heterocycles. The van der Waals surface area contributed by atoms with Crippen LogP contribution in [0.3, 0.4) is 0 Å². The highest BCUT2D eigenvalue weighted by atomic mass is 32.2. The van der Waals surface area contributed by atoms with Crippen LogP contribution in [0.5, 0.6) is 11.5 Å². The van der Waals surface area contributed by atoms with Gasteiger partial charge < -0.3 is 9.47 Å². The number of benzene rings is 2. The van der Waals surface area contributed by atoms with Gasteiger partial charge in [0.05, 0.1) is 4.90 Å². The number of rotatable bonds is 7. The van der Waals surface area contributed by atoms with Gasteiger partial charge in [-0.25, -0.2) is 13.1 Å². The van der Waals surface area contributed by atoms with E-state index in [9.17, 15) is 8.42 Å². The molecule has 1 unspecified atom stereocenters. The van der Waals surface area contributed by atoms with Crippen molar-refractivity contribution in [2.75, 3.05) is 6.79 Å². The molecule has 136 valence electrons. The third kappa shape index (κ3) is 4.33. The normalized spacial score (nSPS) is 14.5. The predicted octanol–water partition coefficient (Wildman–Crippen LogP) is 3.66. The Morgan fingerprint density at radius 1 is 1.15 bits per heavy atom. The van der Waals surface area contributed by atoms with Crippen molar-refractivity contribution in [2.24, 2.45) is 0 Å². The van der Waals surface area contributed by atoms with E-state index in [0.717, 1.165) is 11.1 Å². The topological polar surface area (TPSA) is 64.6 Å². The Labute approximate surface area is 154 Å². The molecule has 3 rings (SSSR count). The lowest BCUT2D eigenvalue weighted by Crippen LogP contribution is -2.33. The fraction of sp³-hybridized carbons (Fsp3) is 0.200. The summed E-state index contributed by atoms with van der Waals surface area (Å²) in [5.74, 6) is 1.40. The predicted molar refractivity (Wildman–Crippen MR) is 102 cm³/mol. The molecule has 1 aliphatic rings. The Balaban J connectivity index is 1.76. The average molecular weight is 371 g/mol. The van der Waals surface area contributed by atoms with E-state index < -0.39 is 16.1 Å².